The molecule has 0 heterocycles. The highest BCUT2D eigenvalue weighted by molar-refractivity contribution is 5.77. The molecule has 0 fully saturated rings. The Morgan fingerprint density at radius 3 is 1.21 bits per heavy atom. The number of carbonyl (C=O) groups is 2. The van der Waals surface area contributed by atoms with E-state index in [0.29, 0.717) is 19.3 Å². The van der Waals surface area contributed by atoms with E-state index in [4.69, 9.17) is 4.74 Å². The van der Waals surface area contributed by atoms with E-state index in [2.05, 4.69) is 62.5 Å². The molecular weight excluding hydrogens is 827 g/mol. The summed E-state index contributed by atoms with van der Waals surface area (Å²) in [5, 5.41) is 23.9. The van der Waals surface area contributed by atoms with Crippen LogP contribution in [-0.2, 0) is 14.3 Å². The van der Waals surface area contributed by atoms with Crippen LogP contribution in [0.3, 0.4) is 0 Å². The number of aliphatic hydroxyl groups excluding tert-OH is 2. The second-order valence-electron chi connectivity index (χ2n) is 20.4. The number of hydrogen-bond acceptors (Lipinski definition) is 5. The van der Waals surface area contributed by atoms with E-state index in [1.807, 2.05) is 0 Å². The van der Waals surface area contributed by atoms with Gasteiger partial charge in [-0.2, -0.15) is 0 Å². The highest BCUT2D eigenvalue weighted by atomic mass is 16.5. The van der Waals surface area contributed by atoms with Crippen molar-refractivity contribution in [3.05, 3.63) is 36.5 Å². The molecule has 3 unspecified atom stereocenters. The van der Waals surface area contributed by atoms with E-state index in [-0.39, 0.29) is 24.9 Å². The fraction of sp³-hybridized carbons (Fsp3) is 0.869. The maximum atomic E-state index is 13.3. The number of hydrogen-bond donors (Lipinski definition) is 3. The molecule has 0 aromatic rings. The summed E-state index contributed by atoms with van der Waals surface area (Å²) >= 11 is 0. The summed E-state index contributed by atoms with van der Waals surface area (Å²) < 4.78 is 5.97. The molecule has 0 aliphatic heterocycles. The molecule has 0 radical (unpaired) electrons. The zero-order valence-corrected chi connectivity index (χ0v) is 45.0. The summed E-state index contributed by atoms with van der Waals surface area (Å²) in [5.74, 6) is -0.469. The third-order valence-corrected chi connectivity index (χ3v) is 13.8. The highest BCUT2D eigenvalue weighted by Gasteiger charge is 2.24. The first kappa shape index (κ1) is 65.1. The zero-order chi connectivity index (χ0) is 48.8. The fourth-order valence-corrected chi connectivity index (χ4v) is 9.32. The van der Waals surface area contributed by atoms with Gasteiger partial charge in [0.15, 0.2) is 0 Å². The minimum Gasteiger partial charge on any atom is -0.462 e. The molecule has 6 heteroatoms. The Hall–Kier alpha value is -1.92. The number of carbonyl (C=O) groups excluding carboxylic acids is 2. The van der Waals surface area contributed by atoms with Crippen molar-refractivity contribution in [2.45, 2.75) is 334 Å². The molecule has 0 spiro atoms. The number of nitrogens with one attached hydrogen (secondary N) is 1. The summed E-state index contributed by atoms with van der Waals surface area (Å²) in [5.41, 5.74) is 0. The molecule has 0 aliphatic carbocycles. The molecule has 0 aromatic heterocycles. The van der Waals surface area contributed by atoms with Crippen molar-refractivity contribution in [3.8, 4) is 0 Å². The van der Waals surface area contributed by atoms with Crippen molar-refractivity contribution < 1.29 is 24.5 Å². The predicted molar refractivity (Wildman–Crippen MR) is 292 cm³/mol. The van der Waals surface area contributed by atoms with Gasteiger partial charge in [-0.3, -0.25) is 9.59 Å². The van der Waals surface area contributed by atoms with E-state index in [0.717, 1.165) is 57.8 Å². The number of allylic oxidation sites excluding steroid dienone is 6. The zero-order valence-electron chi connectivity index (χ0n) is 45.0. The molecule has 0 aliphatic rings. The quantitative estimate of drug-likeness (QED) is 0.0321. The molecule has 0 saturated heterocycles. The predicted octanol–water partition coefficient (Wildman–Crippen LogP) is 18.4. The number of amides is 1. The van der Waals surface area contributed by atoms with Gasteiger partial charge >= 0.3 is 5.97 Å². The van der Waals surface area contributed by atoms with E-state index in [1.165, 1.54) is 212 Å². The first-order chi connectivity index (χ1) is 33.0. The van der Waals surface area contributed by atoms with E-state index >= 15 is 0 Å². The molecule has 3 atom stereocenters. The third kappa shape index (κ3) is 50.3. The molecule has 6 nitrogen and oxygen atoms in total. The molecule has 0 rings (SSSR count). The minimum atomic E-state index is -0.788. The van der Waals surface area contributed by atoms with Gasteiger partial charge in [-0.1, -0.05) is 295 Å². The lowest BCUT2D eigenvalue weighted by molar-refractivity contribution is -0.151. The normalized spacial score (nSPS) is 13.3. The second kappa shape index (κ2) is 55.0. The average molecular weight is 943 g/mol. The number of ether oxygens (including phenoxy) is 1. The Bertz CT molecular complexity index is 1100. The van der Waals surface area contributed by atoms with E-state index in [9.17, 15) is 19.8 Å². The van der Waals surface area contributed by atoms with Crippen LogP contribution < -0.4 is 5.32 Å². The largest absolute Gasteiger partial charge is 0.462 e. The summed E-state index contributed by atoms with van der Waals surface area (Å²) in [4.78, 5) is 26.3. The second-order valence-corrected chi connectivity index (χ2v) is 20.4. The lowest BCUT2D eigenvalue weighted by atomic mass is 10.0. The summed E-state index contributed by atoms with van der Waals surface area (Å²) in [6, 6.07) is -0.702. The van der Waals surface area contributed by atoms with Crippen LogP contribution in [0.4, 0.5) is 0 Å². The van der Waals surface area contributed by atoms with Gasteiger partial charge in [-0.05, 0) is 44.9 Å². The van der Waals surface area contributed by atoms with Crippen molar-refractivity contribution in [2.75, 3.05) is 6.61 Å². The van der Waals surface area contributed by atoms with Crippen LogP contribution in [0, 0.1) is 0 Å². The van der Waals surface area contributed by atoms with Gasteiger partial charge in [-0.25, -0.2) is 0 Å². The molecule has 3 N–H and O–H groups in total. The Morgan fingerprint density at radius 1 is 0.448 bits per heavy atom. The lowest BCUT2D eigenvalue weighted by Gasteiger charge is -2.24. The lowest BCUT2D eigenvalue weighted by Crippen LogP contribution is -2.46. The minimum absolute atomic E-state index is 0.0776. The van der Waals surface area contributed by atoms with Crippen LogP contribution in [0.25, 0.3) is 0 Å². The van der Waals surface area contributed by atoms with Crippen LogP contribution in [0.5, 0.6) is 0 Å². The number of aliphatic hydroxyl groups is 2. The molecule has 0 saturated carbocycles. The smallest absolute Gasteiger partial charge is 0.306 e. The monoisotopic (exact) mass is 942 g/mol. The highest BCUT2D eigenvalue weighted by Crippen LogP contribution is 2.19. The van der Waals surface area contributed by atoms with Crippen molar-refractivity contribution >= 4 is 11.9 Å². The van der Waals surface area contributed by atoms with Gasteiger partial charge in [-0.15, -0.1) is 0 Å². The number of rotatable bonds is 54. The summed E-state index contributed by atoms with van der Waals surface area (Å²) in [6.45, 7) is 6.40. The van der Waals surface area contributed by atoms with Gasteiger partial charge in [0.05, 0.1) is 25.2 Å². The molecule has 1 amide bonds. The van der Waals surface area contributed by atoms with Crippen LogP contribution in [0.1, 0.15) is 316 Å². The topological polar surface area (TPSA) is 95.9 Å². The van der Waals surface area contributed by atoms with E-state index < -0.39 is 18.2 Å². The first-order valence-corrected chi connectivity index (χ1v) is 29.7. The van der Waals surface area contributed by atoms with Gasteiger partial charge in [0.1, 0.15) is 6.10 Å². The number of unbranched alkanes of at least 4 members (excludes halogenated alkanes) is 38. The number of esters is 1. The Kier molecular flexibility index (Phi) is 53.4. The first-order valence-electron chi connectivity index (χ1n) is 29.7. The van der Waals surface area contributed by atoms with E-state index in [1.54, 1.807) is 0 Å². The van der Waals surface area contributed by atoms with Crippen LogP contribution in [-0.4, -0.2) is 46.9 Å². The maximum absolute atomic E-state index is 13.3. The van der Waals surface area contributed by atoms with Crippen molar-refractivity contribution in [1.29, 1.82) is 0 Å². The fourth-order valence-electron chi connectivity index (χ4n) is 9.32. The molecule has 67 heavy (non-hydrogen) atoms. The van der Waals surface area contributed by atoms with Crippen LogP contribution >= 0.6 is 0 Å². The van der Waals surface area contributed by atoms with Crippen molar-refractivity contribution in [2.24, 2.45) is 0 Å². The van der Waals surface area contributed by atoms with Gasteiger partial charge in [0.2, 0.25) is 5.91 Å². The van der Waals surface area contributed by atoms with Gasteiger partial charge < -0.3 is 20.3 Å². The molecular formula is C61H115NO5. The summed E-state index contributed by atoms with van der Waals surface area (Å²) in [6.07, 6.45) is 66.4. The maximum Gasteiger partial charge on any atom is 0.306 e. The average Bonchev–Trinajstić information content (AvgIpc) is 3.32. The standard InChI is InChI=1S/C61H115NO5/c1-4-7-10-13-16-19-22-25-28-30-32-34-37-40-43-46-49-52-57(67-61(66)54-51-48-45-42-39-36-31-27-24-21-18-15-12-9-6-3)55-60(65)62-58(56-63)59(64)53-50-47-44-41-38-35-33-29-26-23-20-17-14-11-8-5-2/h9,12,15,18,21,24,57-59,63-64H,4-8,10-11,13-14,16-17,19-20,22-23,25-56H2,1-3H3,(H,62,65)/b12-9+,18-15+,24-21+. The Morgan fingerprint density at radius 2 is 0.806 bits per heavy atom. The van der Waals surface area contributed by atoms with Crippen molar-refractivity contribution in [3.63, 3.8) is 0 Å². The van der Waals surface area contributed by atoms with Crippen LogP contribution in [0.2, 0.25) is 0 Å². The third-order valence-electron chi connectivity index (χ3n) is 13.8. The summed E-state index contributed by atoms with van der Waals surface area (Å²) in [7, 11) is 0. The Labute approximate surface area is 417 Å². The van der Waals surface area contributed by atoms with Gasteiger partial charge in [0.25, 0.3) is 0 Å². The van der Waals surface area contributed by atoms with Crippen LogP contribution in [0.15, 0.2) is 36.5 Å². The molecule has 0 bridgehead atoms. The van der Waals surface area contributed by atoms with Gasteiger partial charge in [0, 0.05) is 6.42 Å². The molecule has 394 valence electrons. The molecule has 0 aromatic carbocycles. The van der Waals surface area contributed by atoms with Crippen molar-refractivity contribution in [1.82, 2.24) is 5.32 Å². The Balaban J connectivity index is 4.52. The SMILES string of the molecule is CC/C=C/C=C/C=C/CCCCCCCCCC(=O)OC(CCCCCCCCCCCCCCCCCCC)CC(=O)NC(CO)C(O)CCCCCCCCCCCCCCCCCC.